The number of hydrogen-bond donors (Lipinski definition) is 2. The third kappa shape index (κ3) is 4.40. The fraction of sp³-hybridized carbons (Fsp3) is 0.471. The predicted molar refractivity (Wildman–Crippen MR) is 87.9 cm³/mol. The standard InChI is InChI=1S/C17H20F3N5O/c18-17(19,20)12-4-1-3-11(7-12)14-5-2-6-15(14)22-8-13-9-25(24-23-13)10-16(21)26/h1,3-4,7,9,14-15,22H,2,5-6,8,10H2,(H2,21,26)/t14-,15+/m0/s1. The van der Waals surface area contributed by atoms with Gasteiger partial charge >= 0.3 is 6.18 Å². The molecule has 1 heterocycles. The Balaban J connectivity index is 1.65. The molecule has 1 aromatic carbocycles. The third-order valence-corrected chi connectivity index (χ3v) is 4.61. The van der Waals surface area contributed by atoms with Crippen LogP contribution in [0.3, 0.4) is 0 Å². The number of nitrogens with two attached hydrogens (primary N) is 1. The van der Waals surface area contributed by atoms with E-state index in [0.717, 1.165) is 25.3 Å². The van der Waals surface area contributed by atoms with E-state index in [9.17, 15) is 18.0 Å². The number of benzene rings is 1. The molecule has 1 aromatic heterocycles. The van der Waals surface area contributed by atoms with Crippen LogP contribution < -0.4 is 11.1 Å². The molecule has 0 bridgehead atoms. The first kappa shape index (κ1) is 18.4. The van der Waals surface area contributed by atoms with Crippen LogP contribution in [0.2, 0.25) is 0 Å². The SMILES string of the molecule is NC(=O)Cn1cc(CN[C@@H]2CCC[C@H]2c2cccc(C(F)(F)F)c2)nn1. The quantitative estimate of drug-likeness (QED) is 0.820. The van der Waals surface area contributed by atoms with Gasteiger partial charge in [0.2, 0.25) is 5.91 Å². The Morgan fingerprint density at radius 3 is 2.88 bits per heavy atom. The molecule has 1 aliphatic carbocycles. The van der Waals surface area contributed by atoms with E-state index in [0.29, 0.717) is 17.8 Å². The van der Waals surface area contributed by atoms with E-state index in [1.54, 1.807) is 12.3 Å². The first-order valence-electron chi connectivity index (χ1n) is 8.41. The highest BCUT2D eigenvalue weighted by Crippen LogP contribution is 2.37. The molecule has 1 fully saturated rings. The molecule has 0 unspecified atom stereocenters. The molecule has 2 atom stereocenters. The van der Waals surface area contributed by atoms with Crippen molar-refractivity contribution < 1.29 is 18.0 Å². The van der Waals surface area contributed by atoms with Gasteiger partial charge in [-0.1, -0.05) is 29.8 Å². The lowest BCUT2D eigenvalue weighted by Crippen LogP contribution is -2.31. The van der Waals surface area contributed by atoms with Gasteiger partial charge in [-0.05, 0) is 30.4 Å². The normalized spacial score (nSPS) is 20.4. The lowest BCUT2D eigenvalue weighted by atomic mass is 9.92. The van der Waals surface area contributed by atoms with Gasteiger partial charge in [-0.2, -0.15) is 13.2 Å². The van der Waals surface area contributed by atoms with E-state index < -0.39 is 17.6 Å². The molecule has 9 heteroatoms. The second-order valence-electron chi connectivity index (χ2n) is 6.52. The summed E-state index contributed by atoms with van der Waals surface area (Å²) < 4.78 is 40.2. The molecule has 26 heavy (non-hydrogen) atoms. The molecule has 3 rings (SSSR count). The van der Waals surface area contributed by atoms with Gasteiger partial charge in [-0.3, -0.25) is 4.79 Å². The molecule has 6 nitrogen and oxygen atoms in total. The molecule has 3 N–H and O–H groups in total. The molecular weight excluding hydrogens is 347 g/mol. The highest BCUT2D eigenvalue weighted by atomic mass is 19.4. The van der Waals surface area contributed by atoms with Gasteiger partial charge in [0.25, 0.3) is 0 Å². The van der Waals surface area contributed by atoms with Gasteiger partial charge in [-0.25, -0.2) is 4.68 Å². The number of aromatic nitrogens is 3. The number of hydrogen-bond acceptors (Lipinski definition) is 4. The number of amides is 1. The molecule has 0 radical (unpaired) electrons. The first-order valence-corrected chi connectivity index (χ1v) is 8.41. The second kappa shape index (κ2) is 7.45. The highest BCUT2D eigenvalue weighted by Gasteiger charge is 2.33. The predicted octanol–water partition coefficient (Wildman–Crippen LogP) is 2.21. The molecule has 2 aromatic rings. The van der Waals surface area contributed by atoms with Gasteiger partial charge in [0.1, 0.15) is 6.54 Å². The van der Waals surface area contributed by atoms with Crippen molar-refractivity contribution in [3.8, 4) is 0 Å². The van der Waals surface area contributed by atoms with Crippen molar-refractivity contribution in [1.82, 2.24) is 20.3 Å². The number of nitrogens with zero attached hydrogens (tertiary/aromatic N) is 3. The lowest BCUT2D eigenvalue weighted by Gasteiger charge is -2.22. The van der Waals surface area contributed by atoms with Crippen molar-refractivity contribution >= 4 is 5.91 Å². The summed E-state index contributed by atoms with van der Waals surface area (Å²) in [5, 5.41) is 11.1. The Morgan fingerprint density at radius 2 is 2.15 bits per heavy atom. The van der Waals surface area contributed by atoms with Crippen LogP contribution in [-0.4, -0.2) is 26.9 Å². The summed E-state index contributed by atoms with van der Waals surface area (Å²) in [7, 11) is 0. The maximum absolute atomic E-state index is 12.9. The number of carbonyl (C=O) groups is 1. The largest absolute Gasteiger partial charge is 0.416 e. The van der Waals surface area contributed by atoms with Crippen LogP contribution in [0.1, 0.15) is 42.0 Å². The highest BCUT2D eigenvalue weighted by molar-refractivity contribution is 5.73. The number of alkyl halides is 3. The van der Waals surface area contributed by atoms with Gasteiger partial charge in [0.15, 0.2) is 0 Å². The van der Waals surface area contributed by atoms with Crippen LogP contribution in [0.4, 0.5) is 13.2 Å². The smallest absolute Gasteiger partial charge is 0.368 e. The minimum atomic E-state index is -4.34. The Bertz CT molecular complexity index is 774. The Hall–Kier alpha value is -2.42. The summed E-state index contributed by atoms with van der Waals surface area (Å²) in [5.74, 6) is -0.479. The minimum absolute atomic E-state index is 0.0259. The van der Waals surface area contributed by atoms with Crippen LogP contribution in [0.25, 0.3) is 0 Å². The molecule has 1 saturated carbocycles. The topological polar surface area (TPSA) is 85.8 Å². The number of rotatable bonds is 6. The molecule has 0 spiro atoms. The first-order chi connectivity index (χ1) is 12.3. The Morgan fingerprint density at radius 1 is 1.35 bits per heavy atom. The van der Waals surface area contributed by atoms with Crippen LogP contribution in [0.15, 0.2) is 30.5 Å². The van der Waals surface area contributed by atoms with E-state index in [1.165, 1.54) is 16.8 Å². The average molecular weight is 367 g/mol. The van der Waals surface area contributed by atoms with Crippen molar-refractivity contribution in [2.75, 3.05) is 0 Å². The summed E-state index contributed by atoms with van der Waals surface area (Å²) >= 11 is 0. The minimum Gasteiger partial charge on any atom is -0.368 e. The van der Waals surface area contributed by atoms with Crippen molar-refractivity contribution in [3.63, 3.8) is 0 Å². The Kier molecular flexibility index (Phi) is 5.26. The fourth-order valence-electron chi connectivity index (χ4n) is 3.44. The second-order valence-corrected chi connectivity index (χ2v) is 6.52. The van der Waals surface area contributed by atoms with E-state index in [1.807, 2.05) is 0 Å². The van der Waals surface area contributed by atoms with Gasteiger partial charge in [-0.15, -0.1) is 5.10 Å². The molecule has 140 valence electrons. The van der Waals surface area contributed by atoms with Crippen molar-refractivity contribution in [3.05, 3.63) is 47.3 Å². The van der Waals surface area contributed by atoms with Crippen molar-refractivity contribution in [2.45, 2.75) is 50.5 Å². The van der Waals surface area contributed by atoms with Gasteiger partial charge in [0, 0.05) is 12.6 Å². The summed E-state index contributed by atoms with van der Waals surface area (Å²) in [4.78, 5) is 10.9. The summed E-state index contributed by atoms with van der Waals surface area (Å²) in [6.45, 7) is 0.391. The monoisotopic (exact) mass is 367 g/mol. The van der Waals surface area contributed by atoms with Crippen molar-refractivity contribution in [1.29, 1.82) is 0 Å². The van der Waals surface area contributed by atoms with Crippen LogP contribution in [-0.2, 0) is 24.1 Å². The molecule has 0 aliphatic heterocycles. The van der Waals surface area contributed by atoms with E-state index in [4.69, 9.17) is 5.73 Å². The zero-order chi connectivity index (χ0) is 18.7. The van der Waals surface area contributed by atoms with Gasteiger partial charge in [0.05, 0.1) is 17.5 Å². The number of nitrogens with one attached hydrogen (secondary N) is 1. The van der Waals surface area contributed by atoms with E-state index in [-0.39, 0.29) is 18.5 Å². The van der Waals surface area contributed by atoms with Crippen molar-refractivity contribution in [2.24, 2.45) is 5.73 Å². The Labute approximate surface area is 148 Å². The molecule has 1 amide bonds. The van der Waals surface area contributed by atoms with E-state index >= 15 is 0 Å². The maximum Gasteiger partial charge on any atom is 0.416 e. The van der Waals surface area contributed by atoms with Crippen LogP contribution in [0.5, 0.6) is 0 Å². The number of primary amides is 1. The molecule has 0 saturated heterocycles. The number of halogens is 3. The van der Waals surface area contributed by atoms with E-state index in [2.05, 4.69) is 15.6 Å². The summed E-state index contributed by atoms with van der Waals surface area (Å²) in [6.07, 6.45) is -0.0287. The van der Waals surface area contributed by atoms with Crippen LogP contribution >= 0.6 is 0 Å². The zero-order valence-electron chi connectivity index (χ0n) is 14.0. The third-order valence-electron chi connectivity index (χ3n) is 4.61. The number of carbonyl (C=O) groups excluding carboxylic acids is 1. The fourth-order valence-corrected chi connectivity index (χ4v) is 3.44. The summed E-state index contributed by atoms with van der Waals surface area (Å²) in [5.41, 5.74) is 5.85. The zero-order valence-corrected chi connectivity index (χ0v) is 14.0. The lowest BCUT2D eigenvalue weighted by molar-refractivity contribution is -0.137. The molecular formula is C17H20F3N5O. The average Bonchev–Trinajstić information content (AvgIpc) is 3.20. The summed E-state index contributed by atoms with van der Waals surface area (Å²) in [6, 6.07) is 5.62. The van der Waals surface area contributed by atoms with Gasteiger partial charge < -0.3 is 11.1 Å². The molecule has 1 aliphatic rings. The maximum atomic E-state index is 12.9. The van der Waals surface area contributed by atoms with Crippen LogP contribution in [0, 0.1) is 0 Å².